The molecule has 2 aromatic carbocycles. The number of hydrogen-bond acceptors (Lipinski definition) is 3. The van der Waals surface area contributed by atoms with E-state index in [1.54, 1.807) is 18.2 Å². The highest BCUT2D eigenvalue weighted by molar-refractivity contribution is 5.88. The minimum Gasteiger partial charge on any atom is -0.478 e. The van der Waals surface area contributed by atoms with Crippen LogP contribution in [0.3, 0.4) is 0 Å². The van der Waals surface area contributed by atoms with Crippen LogP contribution < -0.4 is 0 Å². The third kappa shape index (κ3) is 5.28. The summed E-state index contributed by atoms with van der Waals surface area (Å²) in [5.41, 5.74) is 3.72. The predicted molar refractivity (Wildman–Crippen MR) is 104 cm³/mol. The van der Waals surface area contributed by atoms with Crippen LogP contribution in [0.25, 0.3) is 12.2 Å². The summed E-state index contributed by atoms with van der Waals surface area (Å²) < 4.78 is 5.39. The summed E-state index contributed by atoms with van der Waals surface area (Å²) >= 11 is 0. The van der Waals surface area contributed by atoms with E-state index < -0.39 is 5.97 Å². The van der Waals surface area contributed by atoms with Gasteiger partial charge in [0.1, 0.15) is 0 Å². The number of ether oxygens (including phenoxy) is 1. The zero-order chi connectivity index (χ0) is 18.2. The Morgan fingerprint density at radius 2 is 1.88 bits per heavy atom. The third-order valence-corrected chi connectivity index (χ3v) is 4.67. The van der Waals surface area contributed by atoms with Crippen LogP contribution in [-0.2, 0) is 11.2 Å². The Labute approximate surface area is 154 Å². The van der Waals surface area contributed by atoms with Gasteiger partial charge in [-0.05, 0) is 48.2 Å². The maximum atomic E-state index is 11.1. The van der Waals surface area contributed by atoms with Gasteiger partial charge >= 0.3 is 5.97 Å². The normalized spacial score (nSPS) is 15.4. The van der Waals surface area contributed by atoms with Gasteiger partial charge in [0.05, 0.1) is 18.8 Å². The molecule has 0 spiro atoms. The molecule has 4 heteroatoms. The lowest BCUT2D eigenvalue weighted by Gasteiger charge is -2.26. The molecule has 1 aliphatic rings. The van der Waals surface area contributed by atoms with E-state index in [4.69, 9.17) is 9.84 Å². The van der Waals surface area contributed by atoms with Crippen LogP contribution in [0.15, 0.2) is 48.5 Å². The van der Waals surface area contributed by atoms with Crippen LogP contribution in [0.4, 0.5) is 0 Å². The van der Waals surface area contributed by atoms with Gasteiger partial charge in [-0.1, -0.05) is 48.6 Å². The average molecular weight is 351 g/mol. The summed E-state index contributed by atoms with van der Waals surface area (Å²) in [5, 5.41) is 9.11. The minimum atomic E-state index is -0.899. The van der Waals surface area contributed by atoms with Crippen LogP contribution >= 0.6 is 0 Å². The Hall–Kier alpha value is -2.43. The molecule has 1 fully saturated rings. The molecule has 136 valence electrons. The molecule has 2 aromatic rings. The van der Waals surface area contributed by atoms with E-state index in [0.717, 1.165) is 51.3 Å². The summed E-state index contributed by atoms with van der Waals surface area (Å²) in [6.45, 7) is 4.84. The molecule has 1 saturated heterocycles. The zero-order valence-corrected chi connectivity index (χ0v) is 14.9. The highest BCUT2D eigenvalue weighted by Gasteiger charge is 2.09. The van der Waals surface area contributed by atoms with Crippen molar-refractivity contribution in [3.8, 4) is 0 Å². The zero-order valence-electron chi connectivity index (χ0n) is 14.9. The lowest BCUT2D eigenvalue weighted by molar-refractivity contribution is 0.0374. The van der Waals surface area contributed by atoms with Gasteiger partial charge in [-0.3, -0.25) is 4.90 Å². The Bertz CT molecular complexity index is 763. The molecule has 1 aliphatic heterocycles. The SMILES string of the molecule is O=C(O)c1cccc(/C=C/c2ccccc2CCCN2CCOCC2)c1. The number of carbonyl (C=O) groups is 1. The maximum absolute atomic E-state index is 11.1. The Morgan fingerprint density at radius 1 is 1.08 bits per heavy atom. The molecule has 1 N–H and O–H groups in total. The summed E-state index contributed by atoms with van der Waals surface area (Å²) in [7, 11) is 0. The number of carboxylic acid groups (broad SMARTS) is 1. The number of aromatic carboxylic acids is 1. The fourth-order valence-corrected chi connectivity index (χ4v) is 3.20. The van der Waals surface area contributed by atoms with Crippen molar-refractivity contribution < 1.29 is 14.6 Å². The van der Waals surface area contributed by atoms with Crippen molar-refractivity contribution in [1.82, 2.24) is 4.90 Å². The average Bonchev–Trinajstić information content (AvgIpc) is 2.68. The van der Waals surface area contributed by atoms with Gasteiger partial charge in [-0.25, -0.2) is 4.79 Å². The number of benzene rings is 2. The van der Waals surface area contributed by atoms with Crippen LogP contribution in [0.1, 0.15) is 33.5 Å². The molecule has 0 saturated carbocycles. The van der Waals surface area contributed by atoms with Gasteiger partial charge in [0.15, 0.2) is 0 Å². The van der Waals surface area contributed by atoms with E-state index in [1.807, 2.05) is 18.2 Å². The van der Waals surface area contributed by atoms with Crippen LogP contribution in [-0.4, -0.2) is 48.8 Å². The van der Waals surface area contributed by atoms with Gasteiger partial charge in [-0.2, -0.15) is 0 Å². The summed E-state index contributed by atoms with van der Waals surface area (Å²) in [6, 6.07) is 15.4. The van der Waals surface area contributed by atoms with Crippen molar-refractivity contribution in [1.29, 1.82) is 0 Å². The number of morpholine rings is 1. The lowest BCUT2D eigenvalue weighted by Crippen LogP contribution is -2.36. The van der Waals surface area contributed by atoms with E-state index >= 15 is 0 Å². The summed E-state index contributed by atoms with van der Waals surface area (Å²) in [6.07, 6.45) is 6.21. The van der Waals surface area contributed by atoms with Gasteiger partial charge in [0.2, 0.25) is 0 Å². The molecule has 0 radical (unpaired) electrons. The third-order valence-electron chi connectivity index (χ3n) is 4.67. The molecule has 4 nitrogen and oxygen atoms in total. The number of carboxylic acids is 1. The molecule has 0 aromatic heterocycles. The molecule has 1 heterocycles. The minimum absolute atomic E-state index is 0.311. The molecule has 0 amide bonds. The molecule has 0 bridgehead atoms. The molecular weight excluding hydrogens is 326 g/mol. The van der Waals surface area contributed by atoms with Crippen LogP contribution in [0.5, 0.6) is 0 Å². The van der Waals surface area contributed by atoms with Gasteiger partial charge in [0, 0.05) is 13.1 Å². The van der Waals surface area contributed by atoms with Crippen molar-refractivity contribution in [2.24, 2.45) is 0 Å². The Kier molecular flexibility index (Phi) is 6.58. The van der Waals surface area contributed by atoms with Gasteiger partial charge in [-0.15, -0.1) is 0 Å². The van der Waals surface area contributed by atoms with Crippen LogP contribution in [0, 0.1) is 0 Å². The number of aryl methyl sites for hydroxylation is 1. The quantitative estimate of drug-likeness (QED) is 0.771. The van der Waals surface area contributed by atoms with E-state index in [2.05, 4.69) is 29.2 Å². The smallest absolute Gasteiger partial charge is 0.335 e. The highest BCUT2D eigenvalue weighted by atomic mass is 16.5. The first kappa shape index (κ1) is 18.4. The van der Waals surface area contributed by atoms with E-state index in [0.29, 0.717) is 5.56 Å². The number of rotatable bonds is 7. The van der Waals surface area contributed by atoms with Crippen molar-refractivity contribution in [2.75, 3.05) is 32.8 Å². The van der Waals surface area contributed by atoms with E-state index in [-0.39, 0.29) is 0 Å². The maximum Gasteiger partial charge on any atom is 0.335 e. The fourth-order valence-electron chi connectivity index (χ4n) is 3.20. The number of nitrogens with zero attached hydrogens (tertiary/aromatic N) is 1. The molecular formula is C22H25NO3. The first-order valence-corrected chi connectivity index (χ1v) is 9.12. The van der Waals surface area contributed by atoms with Gasteiger partial charge < -0.3 is 9.84 Å². The summed E-state index contributed by atoms with van der Waals surface area (Å²) in [4.78, 5) is 13.6. The second-order valence-corrected chi connectivity index (χ2v) is 6.52. The van der Waals surface area contributed by atoms with E-state index in [1.165, 1.54) is 11.1 Å². The molecule has 3 rings (SSSR count). The van der Waals surface area contributed by atoms with Gasteiger partial charge in [0.25, 0.3) is 0 Å². The molecule has 0 atom stereocenters. The first-order chi connectivity index (χ1) is 12.7. The Morgan fingerprint density at radius 3 is 2.69 bits per heavy atom. The van der Waals surface area contributed by atoms with Crippen LogP contribution in [0.2, 0.25) is 0 Å². The van der Waals surface area contributed by atoms with Crippen molar-refractivity contribution in [3.05, 3.63) is 70.8 Å². The molecule has 26 heavy (non-hydrogen) atoms. The molecule has 0 unspecified atom stereocenters. The monoisotopic (exact) mass is 351 g/mol. The van der Waals surface area contributed by atoms with E-state index in [9.17, 15) is 4.79 Å². The van der Waals surface area contributed by atoms with Crippen molar-refractivity contribution in [3.63, 3.8) is 0 Å². The largest absolute Gasteiger partial charge is 0.478 e. The first-order valence-electron chi connectivity index (χ1n) is 9.12. The molecule has 0 aliphatic carbocycles. The predicted octanol–water partition coefficient (Wildman–Crippen LogP) is 3.82. The summed E-state index contributed by atoms with van der Waals surface area (Å²) in [5.74, 6) is -0.899. The second kappa shape index (κ2) is 9.32. The second-order valence-electron chi connectivity index (χ2n) is 6.52. The highest BCUT2D eigenvalue weighted by Crippen LogP contribution is 2.16. The topological polar surface area (TPSA) is 49.8 Å². The number of hydrogen-bond donors (Lipinski definition) is 1. The fraction of sp³-hybridized carbons (Fsp3) is 0.318. The van der Waals surface area contributed by atoms with Crippen molar-refractivity contribution in [2.45, 2.75) is 12.8 Å². The Balaban J connectivity index is 1.63. The standard InChI is InChI=1S/C22H25NO3/c24-22(25)21-8-3-5-18(17-21)10-11-20-7-2-1-6-19(20)9-4-12-23-13-15-26-16-14-23/h1-3,5-8,10-11,17H,4,9,12-16H2,(H,24,25)/b11-10+. The van der Waals surface area contributed by atoms with Crippen molar-refractivity contribution >= 4 is 18.1 Å². The lowest BCUT2D eigenvalue weighted by atomic mass is 10.0.